The number of hydrogen-bond donors (Lipinski definition) is 0. The van der Waals surface area contributed by atoms with Crippen molar-refractivity contribution in [3.05, 3.63) is 29.6 Å². The Morgan fingerprint density at radius 1 is 1.55 bits per heavy atom. The second-order valence-electron chi connectivity index (χ2n) is 2.31. The van der Waals surface area contributed by atoms with E-state index in [0.29, 0.717) is 0 Å². The van der Waals surface area contributed by atoms with Crippen molar-refractivity contribution in [3.63, 3.8) is 0 Å². The van der Waals surface area contributed by atoms with E-state index in [1.807, 2.05) is 0 Å². The van der Waals surface area contributed by atoms with E-state index in [1.165, 1.54) is 0 Å². The van der Waals surface area contributed by atoms with Crippen molar-refractivity contribution in [3.8, 4) is 0 Å². The number of aromatic nitrogens is 1. The third kappa shape index (κ3) is 1.93. The van der Waals surface area contributed by atoms with Crippen LogP contribution in [0.3, 0.4) is 0 Å². The van der Waals surface area contributed by atoms with Crippen molar-refractivity contribution in [1.29, 1.82) is 0 Å². The maximum absolute atomic E-state index is 12.8. The predicted molar refractivity (Wildman–Crippen MR) is 42.3 cm³/mol. The molecule has 0 aliphatic carbocycles. The lowest BCUT2D eigenvalue weighted by atomic mass is 10.3. The highest BCUT2D eigenvalue weighted by Crippen LogP contribution is 2.22. The van der Waals surface area contributed by atoms with Gasteiger partial charge >= 0.3 is 0 Å². The zero-order valence-corrected chi connectivity index (χ0v) is 7.17. The van der Waals surface area contributed by atoms with Crippen LogP contribution >= 0.6 is 9.24 Å². The lowest BCUT2D eigenvalue weighted by molar-refractivity contribution is 0.558. The van der Waals surface area contributed by atoms with Crippen LogP contribution in [0.4, 0.5) is 8.78 Å². The van der Waals surface area contributed by atoms with Crippen molar-refractivity contribution < 1.29 is 8.78 Å². The molecular formula is C7H8F2NP. The molecule has 0 saturated heterocycles. The molecule has 0 aliphatic rings. The zero-order valence-electron chi connectivity index (χ0n) is 6.01. The molecule has 0 aliphatic heterocycles. The summed E-state index contributed by atoms with van der Waals surface area (Å²) in [6.07, 6.45) is 1.01. The molecule has 11 heavy (non-hydrogen) atoms. The normalized spacial score (nSPS) is 13.1. The summed E-state index contributed by atoms with van der Waals surface area (Å²) in [5.41, 5.74) is 0.187. The predicted octanol–water partition coefficient (Wildman–Crippen LogP) is 2.30. The Hall–Kier alpha value is -0.560. The monoisotopic (exact) mass is 175 g/mol. The van der Waals surface area contributed by atoms with Gasteiger partial charge in [-0.15, -0.1) is 9.24 Å². The largest absolute Gasteiger partial charge is 0.255 e. The number of nitrogens with zero attached hydrogens (tertiary/aromatic N) is 1. The summed E-state index contributed by atoms with van der Waals surface area (Å²) >= 11 is 0. The number of rotatable bonds is 1. The lowest BCUT2D eigenvalue weighted by Crippen LogP contribution is -1.95. The first-order valence-corrected chi connectivity index (χ1v) is 3.84. The zero-order chi connectivity index (χ0) is 8.43. The van der Waals surface area contributed by atoms with Crippen LogP contribution in [0.2, 0.25) is 0 Å². The van der Waals surface area contributed by atoms with E-state index in [1.54, 1.807) is 6.92 Å². The molecule has 1 heterocycles. The van der Waals surface area contributed by atoms with Gasteiger partial charge in [-0.1, -0.05) is 6.92 Å². The lowest BCUT2D eigenvalue weighted by Gasteiger charge is -2.03. The molecule has 0 radical (unpaired) electrons. The fraction of sp³-hybridized carbons (Fsp3) is 0.286. The van der Waals surface area contributed by atoms with Gasteiger partial charge in [0.05, 0.1) is 11.9 Å². The molecule has 1 aromatic rings. The van der Waals surface area contributed by atoms with Crippen LogP contribution in [0.5, 0.6) is 0 Å². The summed E-state index contributed by atoms with van der Waals surface area (Å²) in [5, 5.41) is 0. The van der Waals surface area contributed by atoms with Gasteiger partial charge in [-0.2, -0.15) is 0 Å². The quantitative estimate of drug-likeness (QED) is 0.597. The second-order valence-corrected chi connectivity index (χ2v) is 3.31. The minimum Gasteiger partial charge on any atom is -0.255 e. The molecule has 0 fully saturated rings. The van der Waals surface area contributed by atoms with E-state index in [9.17, 15) is 8.78 Å². The summed E-state index contributed by atoms with van der Waals surface area (Å²) in [7, 11) is 2.40. The Morgan fingerprint density at radius 3 is 2.64 bits per heavy atom. The molecule has 0 saturated carbocycles. The van der Waals surface area contributed by atoms with Crippen LogP contribution in [0, 0.1) is 11.6 Å². The highest BCUT2D eigenvalue weighted by molar-refractivity contribution is 7.17. The van der Waals surface area contributed by atoms with Crippen LogP contribution in [-0.2, 0) is 0 Å². The first-order chi connectivity index (χ1) is 5.11. The van der Waals surface area contributed by atoms with Gasteiger partial charge in [-0.05, 0) is 0 Å². The molecule has 0 spiro atoms. The van der Waals surface area contributed by atoms with Gasteiger partial charge in [-0.3, -0.25) is 4.98 Å². The van der Waals surface area contributed by atoms with Gasteiger partial charge in [0.2, 0.25) is 0 Å². The molecule has 0 amide bonds. The average molecular weight is 175 g/mol. The SMILES string of the molecule is C[C@@H](P)c1ncc(F)cc1F. The third-order valence-corrected chi connectivity index (χ3v) is 1.58. The fourth-order valence-electron chi connectivity index (χ4n) is 0.760. The Kier molecular flexibility index (Phi) is 2.50. The van der Waals surface area contributed by atoms with Gasteiger partial charge in [0.15, 0.2) is 0 Å². The van der Waals surface area contributed by atoms with E-state index in [4.69, 9.17) is 0 Å². The number of hydrogen-bond acceptors (Lipinski definition) is 1. The van der Waals surface area contributed by atoms with E-state index in [-0.39, 0.29) is 11.4 Å². The van der Waals surface area contributed by atoms with E-state index >= 15 is 0 Å². The van der Waals surface area contributed by atoms with Crippen molar-refractivity contribution in [1.82, 2.24) is 4.98 Å². The van der Waals surface area contributed by atoms with Gasteiger partial charge in [0.1, 0.15) is 11.6 Å². The molecule has 0 aromatic carbocycles. The Balaban J connectivity index is 3.09. The first kappa shape index (κ1) is 8.54. The highest BCUT2D eigenvalue weighted by atomic mass is 31.0. The Labute approximate surface area is 66.0 Å². The topological polar surface area (TPSA) is 12.9 Å². The van der Waals surface area contributed by atoms with Crippen molar-refractivity contribution in [2.24, 2.45) is 0 Å². The minimum atomic E-state index is -0.642. The van der Waals surface area contributed by atoms with E-state index in [0.717, 1.165) is 12.3 Å². The van der Waals surface area contributed by atoms with Crippen LogP contribution in [0.25, 0.3) is 0 Å². The number of pyridine rings is 1. The molecule has 1 unspecified atom stereocenters. The second kappa shape index (κ2) is 3.22. The highest BCUT2D eigenvalue weighted by Gasteiger charge is 2.08. The van der Waals surface area contributed by atoms with Gasteiger partial charge < -0.3 is 0 Å². The van der Waals surface area contributed by atoms with Crippen LogP contribution in [0.1, 0.15) is 18.3 Å². The standard InChI is InChI=1S/C7H8F2NP/c1-4(11)7-6(9)2-5(8)3-10-7/h2-4H,11H2,1H3/t4-/m1/s1. The molecule has 1 rings (SSSR count). The van der Waals surface area contributed by atoms with Crippen LogP contribution in [0.15, 0.2) is 12.3 Å². The Morgan fingerprint density at radius 2 is 2.18 bits per heavy atom. The third-order valence-electron chi connectivity index (χ3n) is 1.27. The van der Waals surface area contributed by atoms with Crippen molar-refractivity contribution in [2.45, 2.75) is 12.6 Å². The maximum atomic E-state index is 12.8. The summed E-state index contributed by atoms with van der Waals surface area (Å²) < 4.78 is 25.1. The fourth-order valence-corrected chi connectivity index (χ4v) is 1.01. The van der Waals surface area contributed by atoms with Gasteiger partial charge in [0.25, 0.3) is 0 Å². The van der Waals surface area contributed by atoms with E-state index < -0.39 is 11.6 Å². The van der Waals surface area contributed by atoms with E-state index in [2.05, 4.69) is 14.2 Å². The molecule has 60 valence electrons. The molecular weight excluding hydrogens is 167 g/mol. The van der Waals surface area contributed by atoms with Crippen LogP contribution in [-0.4, -0.2) is 4.98 Å². The van der Waals surface area contributed by atoms with Crippen molar-refractivity contribution >= 4 is 9.24 Å². The molecule has 4 heteroatoms. The summed E-state index contributed by atoms with van der Waals surface area (Å²) in [4.78, 5) is 3.61. The smallest absolute Gasteiger partial charge is 0.148 e. The Bertz CT molecular complexity index is 263. The van der Waals surface area contributed by atoms with Crippen molar-refractivity contribution in [2.75, 3.05) is 0 Å². The van der Waals surface area contributed by atoms with Crippen LogP contribution < -0.4 is 0 Å². The summed E-state index contributed by atoms with van der Waals surface area (Å²) in [6, 6.07) is 0.836. The van der Waals surface area contributed by atoms with Gasteiger partial charge in [0, 0.05) is 11.7 Å². The molecule has 2 atom stereocenters. The summed E-state index contributed by atoms with van der Waals surface area (Å²) in [5.74, 6) is -1.23. The molecule has 0 N–H and O–H groups in total. The minimum absolute atomic E-state index is 0.0874. The summed E-state index contributed by atoms with van der Waals surface area (Å²) in [6.45, 7) is 1.77. The molecule has 1 nitrogen and oxygen atoms in total. The number of halogens is 2. The maximum Gasteiger partial charge on any atom is 0.148 e. The average Bonchev–Trinajstić information content (AvgIpc) is 1.85. The molecule has 1 aromatic heterocycles. The molecule has 0 bridgehead atoms. The van der Waals surface area contributed by atoms with Gasteiger partial charge in [-0.25, -0.2) is 8.78 Å². The first-order valence-electron chi connectivity index (χ1n) is 3.18.